The summed E-state index contributed by atoms with van der Waals surface area (Å²) in [4.78, 5) is 2.32. The van der Waals surface area contributed by atoms with Gasteiger partial charge in [0.2, 0.25) is 6.79 Å². The zero-order chi connectivity index (χ0) is 13.8. The van der Waals surface area contributed by atoms with Gasteiger partial charge in [-0.1, -0.05) is 15.9 Å². The Morgan fingerprint density at radius 3 is 2.68 bits per heavy atom. The molecule has 1 aliphatic rings. The standard InChI is InChI=1S/C14H21BrN2O2/c1-10(2)17(3)5-4-16-8-11-6-13-14(7-12(11)15)19-9-18-13/h6-7,10,16H,4-5,8-9H2,1-3H3. The van der Waals surface area contributed by atoms with E-state index in [4.69, 9.17) is 9.47 Å². The fourth-order valence-corrected chi connectivity index (χ4v) is 2.29. The monoisotopic (exact) mass is 328 g/mol. The SMILES string of the molecule is CC(C)N(C)CCNCc1cc2c(cc1Br)OCO2. The molecule has 2 rings (SSSR count). The summed E-state index contributed by atoms with van der Waals surface area (Å²) in [5.74, 6) is 1.65. The summed E-state index contributed by atoms with van der Waals surface area (Å²) >= 11 is 3.57. The second kappa shape index (κ2) is 6.59. The molecule has 0 unspecified atom stereocenters. The number of nitrogens with zero attached hydrogens (tertiary/aromatic N) is 1. The molecule has 0 aromatic heterocycles. The van der Waals surface area contributed by atoms with Crippen molar-refractivity contribution in [2.75, 3.05) is 26.9 Å². The summed E-state index contributed by atoms with van der Waals surface area (Å²) in [5.41, 5.74) is 1.19. The van der Waals surface area contributed by atoms with E-state index in [9.17, 15) is 0 Å². The van der Waals surface area contributed by atoms with E-state index in [1.165, 1.54) is 5.56 Å². The van der Waals surface area contributed by atoms with Gasteiger partial charge in [-0.3, -0.25) is 0 Å². The van der Waals surface area contributed by atoms with Crippen molar-refractivity contribution in [3.05, 3.63) is 22.2 Å². The normalized spacial score (nSPS) is 13.6. The van der Waals surface area contributed by atoms with Gasteiger partial charge in [0.1, 0.15) is 0 Å². The number of hydrogen-bond donors (Lipinski definition) is 1. The van der Waals surface area contributed by atoms with Crippen LogP contribution in [0, 0.1) is 0 Å². The van der Waals surface area contributed by atoms with Crippen molar-refractivity contribution in [2.45, 2.75) is 26.4 Å². The fourth-order valence-electron chi connectivity index (χ4n) is 1.83. The summed E-state index contributed by atoms with van der Waals surface area (Å²) in [5, 5.41) is 3.45. The first kappa shape index (κ1) is 14.6. The lowest BCUT2D eigenvalue weighted by molar-refractivity contribution is 0.174. The van der Waals surface area contributed by atoms with Crippen molar-refractivity contribution in [1.29, 1.82) is 0 Å². The highest BCUT2D eigenvalue weighted by molar-refractivity contribution is 9.10. The van der Waals surface area contributed by atoms with E-state index < -0.39 is 0 Å². The molecule has 0 aliphatic carbocycles. The number of benzene rings is 1. The van der Waals surface area contributed by atoms with Crippen LogP contribution in [-0.2, 0) is 6.54 Å². The average Bonchev–Trinajstić information content (AvgIpc) is 2.81. The van der Waals surface area contributed by atoms with E-state index in [-0.39, 0.29) is 0 Å². The van der Waals surface area contributed by atoms with Gasteiger partial charge in [0.15, 0.2) is 11.5 Å². The Balaban J connectivity index is 1.83. The van der Waals surface area contributed by atoms with Crippen LogP contribution in [0.4, 0.5) is 0 Å². The Kier molecular flexibility index (Phi) is 5.07. The van der Waals surface area contributed by atoms with Crippen molar-refractivity contribution >= 4 is 15.9 Å². The van der Waals surface area contributed by atoms with Gasteiger partial charge in [-0.25, -0.2) is 0 Å². The number of nitrogens with one attached hydrogen (secondary N) is 1. The third-order valence-electron chi connectivity index (χ3n) is 3.38. The summed E-state index contributed by atoms with van der Waals surface area (Å²) in [6, 6.07) is 4.59. The number of likely N-dealkylation sites (N-methyl/N-ethyl adjacent to an activating group) is 1. The molecule has 0 fully saturated rings. The molecule has 1 heterocycles. The van der Waals surface area contributed by atoms with E-state index >= 15 is 0 Å². The van der Waals surface area contributed by atoms with Crippen LogP contribution in [0.5, 0.6) is 11.5 Å². The van der Waals surface area contributed by atoms with Crippen LogP contribution in [0.2, 0.25) is 0 Å². The van der Waals surface area contributed by atoms with Gasteiger partial charge >= 0.3 is 0 Å². The predicted octanol–water partition coefficient (Wildman–Crippen LogP) is 2.61. The largest absolute Gasteiger partial charge is 0.454 e. The third-order valence-corrected chi connectivity index (χ3v) is 4.12. The van der Waals surface area contributed by atoms with Gasteiger partial charge < -0.3 is 19.7 Å². The molecular weight excluding hydrogens is 308 g/mol. The molecule has 4 nitrogen and oxygen atoms in total. The molecule has 106 valence electrons. The molecule has 0 saturated heterocycles. The Bertz CT molecular complexity index is 438. The smallest absolute Gasteiger partial charge is 0.231 e. The maximum atomic E-state index is 5.39. The average molecular weight is 329 g/mol. The van der Waals surface area contributed by atoms with Gasteiger partial charge in [-0.05, 0) is 38.6 Å². The predicted molar refractivity (Wildman–Crippen MR) is 79.7 cm³/mol. The van der Waals surface area contributed by atoms with Crippen LogP contribution in [0.1, 0.15) is 19.4 Å². The third kappa shape index (κ3) is 3.84. The molecule has 0 spiro atoms. The first-order valence-corrected chi connectivity index (χ1v) is 7.36. The molecule has 1 N–H and O–H groups in total. The first-order chi connectivity index (χ1) is 9.08. The zero-order valence-corrected chi connectivity index (χ0v) is 13.3. The molecule has 0 saturated carbocycles. The van der Waals surface area contributed by atoms with Crippen molar-refractivity contribution in [1.82, 2.24) is 10.2 Å². The topological polar surface area (TPSA) is 33.7 Å². The number of ether oxygens (including phenoxy) is 2. The van der Waals surface area contributed by atoms with Crippen LogP contribution in [-0.4, -0.2) is 37.9 Å². The van der Waals surface area contributed by atoms with E-state index in [1.807, 2.05) is 12.1 Å². The van der Waals surface area contributed by atoms with Gasteiger partial charge in [0, 0.05) is 30.1 Å². The maximum absolute atomic E-state index is 5.39. The van der Waals surface area contributed by atoms with Crippen molar-refractivity contribution in [2.24, 2.45) is 0 Å². The van der Waals surface area contributed by atoms with Gasteiger partial charge in [0.25, 0.3) is 0 Å². The van der Waals surface area contributed by atoms with Crippen LogP contribution < -0.4 is 14.8 Å². The molecular formula is C14H21BrN2O2. The fraction of sp³-hybridized carbons (Fsp3) is 0.571. The Labute approximate surface area is 123 Å². The number of fused-ring (bicyclic) bond motifs is 1. The zero-order valence-electron chi connectivity index (χ0n) is 11.7. The molecule has 1 aromatic rings. The molecule has 0 amide bonds. The minimum Gasteiger partial charge on any atom is -0.454 e. The Hall–Kier alpha value is -0.780. The molecule has 0 radical (unpaired) electrons. The van der Waals surface area contributed by atoms with E-state index in [0.29, 0.717) is 12.8 Å². The molecule has 1 aliphatic heterocycles. The highest BCUT2D eigenvalue weighted by Gasteiger charge is 2.15. The number of rotatable bonds is 6. The second-order valence-electron chi connectivity index (χ2n) is 5.05. The van der Waals surface area contributed by atoms with Crippen LogP contribution in [0.25, 0.3) is 0 Å². The summed E-state index contributed by atoms with van der Waals surface area (Å²) in [7, 11) is 2.14. The molecule has 0 bridgehead atoms. The summed E-state index contributed by atoms with van der Waals surface area (Å²) < 4.78 is 11.8. The van der Waals surface area contributed by atoms with Gasteiger partial charge in [-0.15, -0.1) is 0 Å². The lowest BCUT2D eigenvalue weighted by Gasteiger charge is -2.21. The second-order valence-corrected chi connectivity index (χ2v) is 5.90. The lowest BCUT2D eigenvalue weighted by Crippen LogP contribution is -2.33. The minimum atomic E-state index is 0.317. The highest BCUT2D eigenvalue weighted by atomic mass is 79.9. The van der Waals surface area contributed by atoms with Gasteiger partial charge in [0.05, 0.1) is 0 Å². The van der Waals surface area contributed by atoms with E-state index in [2.05, 4.69) is 47.0 Å². The Morgan fingerprint density at radius 1 is 1.32 bits per heavy atom. The van der Waals surface area contributed by atoms with Crippen LogP contribution >= 0.6 is 15.9 Å². The van der Waals surface area contributed by atoms with E-state index in [1.54, 1.807) is 0 Å². The first-order valence-electron chi connectivity index (χ1n) is 6.57. The maximum Gasteiger partial charge on any atom is 0.231 e. The van der Waals surface area contributed by atoms with Crippen molar-refractivity contribution in [3.63, 3.8) is 0 Å². The van der Waals surface area contributed by atoms with Crippen molar-refractivity contribution in [3.8, 4) is 11.5 Å². The number of hydrogen-bond acceptors (Lipinski definition) is 4. The molecule has 0 atom stereocenters. The minimum absolute atomic E-state index is 0.317. The summed E-state index contributed by atoms with van der Waals surface area (Å²) in [6.07, 6.45) is 0. The van der Waals surface area contributed by atoms with E-state index in [0.717, 1.165) is 35.6 Å². The highest BCUT2D eigenvalue weighted by Crippen LogP contribution is 2.36. The van der Waals surface area contributed by atoms with Gasteiger partial charge in [-0.2, -0.15) is 0 Å². The summed E-state index contributed by atoms with van der Waals surface area (Å²) in [6.45, 7) is 7.55. The quantitative estimate of drug-likeness (QED) is 0.814. The van der Waals surface area contributed by atoms with Crippen molar-refractivity contribution < 1.29 is 9.47 Å². The lowest BCUT2D eigenvalue weighted by atomic mass is 10.2. The molecule has 1 aromatic carbocycles. The molecule has 19 heavy (non-hydrogen) atoms. The number of halogens is 1. The Morgan fingerprint density at radius 2 is 2.00 bits per heavy atom. The van der Waals surface area contributed by atoms with Crippen LogP contribution in [0.15, 0.2) is 16.6 Å². The molecule has 5 heteroatoms. The van der Waals surface area contributed by atoms with Crippen LogP contribution in [0.3, 0.4) is 0 Å².